The number of halogens is 2. The molecule has 10 aromatic rings. The third kappa shape index (κ3) is 18.1. The molecule has 0 unspecified atom stereocenters. The van der Waals surface area contributed by atoms with Gasteiger partial charge in [0.05, 0.1) is 39.1 Å². The Kier molecular flexibility index (Phi) is 23.0. The van der Waals surface area contributed by atoms with Gasteiger partial charge in [0.25, 0.3) is 11.1 Å². The van der Waals surface area contributed by atoms with Crippen molar-refractivity contribution in [2.24, 2.45) is 5.11 Å². The number of rotatable bonds is 7. The van der Waals surface area contributed by atoms with Gasteiger partial charge in [-0.3, -0.25) is 14.4 Å². The Morgan fingerprint density at radius 3 is 1.57 bits per heavy atom. The van der Waals surface area contributed by atoms with Crippen molar-refractivity contribution in [2.45, 2.75) is 41.5 Å². The molecule has 3 N–H and O–H groups in total. The molecule has 4 aromatic heterocycles. The Balaban J connectivity index is 0.000000177. The van der Waals surface area contributed by atoms with Gasteiger partial charge < -0.3 is 29.3 Å². The van der Waals surface area contributed by atoms with Crippen LogP contribution >= 0.6 is 11.6 Å². The lowest BCUT2D eigenvalue weighted by molar-refractivity contribution is -0.131. The van der Waals surface area contributed by atoms with Gasteiger partial charge in [0.1, 0.15) is 22.4 Å². The molecule has 10 rings (SSSR count). The van der Waals surface area contributed by atoms with Crippen LogP contribution in [0.15, 0.2) is 179 Å². The van der Waals surface area contributed by atoms with Crippen LogP contribution in [0.5, 0.6) is 17.2 Å². The third-order valence-electron chi connectivity index (χ3n) is 11.6. The Bertz CT molecular complexity index is 3950. The van der Waals surface area contributed by atoms with Crippen LogP contribution in [0.4, 0.5) is 4.39 Å². The fraction of sp³-hybridized carbons (Fsp3) is 0.143. The van der Waals surface area contributed by atoms with Crippen LogP contribution in [0.1, 0.15) is 44.5 Å². The predicted molar refractivity (Wildman–Crippen MR) is 318 cm³/mol. The van der Waals surface area contributed by atoms with E-state index in [1.165, 1.54) is 23.4 Å². The number of azide groups is 1. The highest BCUT2D eigenvalue weighted by Gasteiger charge is 2.09. The van der Waals surface area contributed by atoms with Crippen LogP contribution in [0.2, 0.25) is 5.15 Å². The van der Waals surface area contributed by atoms with E-state index in [-0.39, 0.29) is 11.1 Å². The highest BCUT2D eigenvalue weighted by Crippen LogP contribution is 2.30. The predicted octanol–water partition coefficient (Wildman–Crippen LogP) is 14.5. The number of carboxylic acid groups (broad SMARTS) is 1. The molecule has 6 aromatic carbocycles. The van der Waals surface area contributed by atoms with Crippen molar-refractivity contribution in [3.63, 3.8) is 0 Å². The number of aliphatic carboxylic acids is 1. The molecular weight excluding hydrogens is 1040 g/mol. The van der Waals surface area contributed by atoms with Crippen molar-refractivity contribution in [2.75, 3.05) is 21.3 Å². The molecule has 0 aliphatic rings. The number of H-pyrrole nitrogens is 2. The van der Waals surface area contributed by atoms with Crippen LogP contribution in [0, 0.1) is 47.5 Å². The molecule has 0 saturated heterocycles. The zero-order chi connectivity index (χ0) is 58.3. The number of carbonyl (C=O) groups is 2. The summed E-state index contributed by atoms with van der Waals surface area (Å²) >= 11 is 5.97. The Morgan fingerprint density at radius 1 is 0.575 bits per heavy atom. The number of ether oxygens (including phenoxy) is 3. The van der Waals surface area contributed by atoms with E-state index in [9.17, 15) is 23.6 Å². The van der Waals surface area contributed by atoms with E-state index in [0.29, 0.717) is 27.4 Å². The van der Waals surface area contributed by atoms with Gasteiger partial charge in [0.2, 0.25) is 11.9 Å². The summed E-state index contributed by atoms with van der Waals surface area (Å²) in [5, 5.41) is 18.3. The van der Waals surface area contributed by atoms with Crippen LogP contribution < -0.4 is 25.3 Å². The minimum atomic E-state index is -0.920. The first-order chi connectivity index (χ1) is 38.3. The van der Waals surface area contributed by atoms with Gasteiger partial charge in [0, 0.05) is 55.7 Å². The molecule has 0 bridgehead atoms. The number of nitrogens with zero attached hydrogens (tertiary/aromatic N) is 5. The minimum Gasteiger partial charge on any atom is -0.495 e. The van der Waals surface area contributed by atoms with Crippen molar-refractivity contribution in [3.05, 3.63) is 251 Å². The first-order valence-corrected chi connectivity index (χ1v) is 25.0. The van der Waals surface area contributed by atoms with E-state index in [1.54, 1.807) is 58.1 Å². The lowest BCUT2D eigenvalue weighted by Crippen LogP contribution is -2.05. The summed E-state index contributed by atoms with van der Waals surface area (Å²) < 4.78 is 28.8. The molecule has 17 heteroatoms. The van der Waals surface area contributed by atoms with Crippen LogP contribution in [-0.2, 0) is 9.59 Å². The molecular formula is C63H59ClFN7O8. The van der Waals surface area contributed by atoms with Gasteiger partial charge in [-0.2, -0.15) is 4.39 Å². The molecule has 4 heterocycles. The maximum Gasteiger partial charge on any atom is 0.328 e. The van der Waals surface area contributed by atoms with Gasteiger partial charge in [-0.1, -0.05) is 136 Å². The second kappa shape index (κ2) is 30.2. The summed E-state index contributed by atoms with van der Waals surface area (Å²) in [6.07, 6.45) is 11.9. The van der Waals surface area contributed by atoms with E-state index < -0.39 is 17.8 Å². The number of aromatic amines is 2. The lowest BCUT2D eigenvalue weighted by Gasteiger charge is -2.06. The third-order valence-corrected chi connectivity index (χ3v) is 11.9. The van der Waals surface area contributed by atoms with Crippen molar-refractivity contribution in [1.82, 2.24) is 19.9 Å². The normalized spacial score (nSPS) is 10.3. The Morgan fingerprint density at radius 2 is 1.04 bits per heavy atom. The van der Waals surface area contributed by atoms with E-state index in [0.717, 1.165) is 77.5 Å². The van der Waals surface area contributed by atoms with Crippen LogP contribution in [0.25, 0.3) is 65.7 Å². The van der Waals surface area contributed by atoms with E-state index in [2.05, 4.69) is 30.0 Å². The average Bonchev–Trinajstić information content (AvgIpc) is 3.44. The Labute approximate surface area is 466 Å². The number of fused-ring (bicyclic) bond motifs is 4. The van der Waals surface area contributed by atoms with Crippen molar-refractivity contribution >= 4 is 78.7 Å². The van der Waals surface area contributed by atoms with Gasteiger partial charge in [-0.05, 0) is 123 Å². The fourth-order valence-electron chi connectivity index (χ4n) is 7.70. The highest BCUT2D eigenvalue weighted by molar-refractivity contribution is 6.34. The smallest absolute Gasteiger partial charge is 0.328 e. The number of hydrogen-bond acceptors (Lipinski definition) is 9. The van der Waals surface area contributed by atoms with Crippen molar-refractivity contribution in [3.8, 4) is 17.2 Å². The molecule has 1 amide bonds. The number of carbonyl (C=O) groups excluding carboxylic acids is 1. The summed E-state index contributed by atoms with van der Waals surface area (Å²) in [5.74, 6) is 0.0906. The van der Waals surface area contributed by atoms with Gasteiger partial charge in [-0.15, -0.1) is 0 Å². The summed E-state index contributed by atoms with van der Waals surface area (Å²) in [7, 11) is 4.78. The summed E-state index contributed by atoms with van der Waals surface area (Å²) in [6.45, 7) is 11.9. The summed E-state index contributed by atoms with van der Waals surface area (Å²) in [5.41, 5.74) is 16.5. The number of pyridine rings is 4. The van der Waals surface area contributed by atoms with Crippen molar-refractivity contribution < 1.29 is 33.3 Å². The first-order valence-electron chi connectivity index (χ1n) is 24.6. The molecule has 408 valence electrons. The molecule has 0 saturated carbocycles. The molecule has 0 aliphatic carbocycles. The quantitative estimate of drug-likeness (QED) is 0.0450. The summed E-state index contributed by atoms with van der Waals surface area (Å²) in [4.78, 5) is 59.0. The fourth-order valence-corrected chi connectivity index (χ4v) is 7.92. The van der Waals surface area contributed by atoms with Crippen LogP contribution in [0.3, 0.4) is 0 Å². The Hall–Kier alpha value is -9.89. The molecule has 0 fully saturated rings. The van der Waals surface area contributed by atoms with Crippen LogP contribution in [-0.4, -0.2) is 58.2 Å². The number of hydrogen-bond donors (Lipinski definition) is 3. The number of methoxy groups -OCH3 is 3. The number of benzene rings is 6. The van der Waals surface area contributed by atoms with E-state index in [4.69, 9.17) is 36.4 Å². The number of aromatic nitrogens is 4. The molecule has 80 heavy (non-hydrogen) atoms. The number of carboxylic acids is 1. The standard InChI is InChI=1S/C11H10ClNO.C11H10FNO.C11H11NO2.C10H9N3O.C10H9NO.C10H10O2/c2*1-7-3-4-8-9(5-7)10(14-2)6-13-11(8)12;1-7-3-4-8-9(5-7)10(14-2)6-12-11(8)13;1-8-3-2-4-9(7-8)5-6-10(14)12-13-11;1-7-2-3-9-8(6-7)4-5-11-10(9)12;1-8-3-2-4-9(7-8)5-6-10(11)12/h2*3-6H,1-2H3;3-6H,1-2H3,(H,12,13);2-7H,1H3;2-6H,1H3,(H,11,12);2-7H,1H3,(H,11,12)/b;;;6-5+;;6-5+. The SMILES string of the molecule is COc1c[nH]c(=O)c2ccc(C)cc12.COc1cnc(Cl)c2ccc(C)cc12.COc1cnc(F)c2ccc(C)cc12.Cc1ccc2c(=O)[nH]ccc2c1.Cc1cccc(/C=C/C(=O)N=[N+]=[N-])c1.Cc1cccc(/C=C/C(=O)O)c1. The number of nitrogens with one attached hydrogen (secondary N) is 2. The number of aryl methyl sites for hydroxylation is 6. The molecule has 0 radical (unpaired) electrons. The zero-order valence-corrected chi connectivity index (χ0v) is 46.3. The zero-order valence-electron chi connectivity index (χ0n) is 45.5. The first kappa shape index (κ1) is 61.0. The molecule has 0 aliphatic heterocycles. The topological polar surface area (TPSA) is 222 Å². The molecule has 0 atom stereocenters. The van der Waals surface area contributed by atoms with Gasteiger partial charge in [-0.25, -0.2) is 14.8 Å². The largest absolute Gasteiger partial charge is 0.495 e. The number of amides is 1. The summed E-state index contributed by atoms with van der Waals surface area (Å²) in [6, 6.07) is 40.2. The average molecular weight is 1100 g/mol. The second-order valence-electron chi connectivity index (χ2n) is 17.8. The lowest BCUT2D eigenvalue weighted by atomic mass is 10.1. The monoisotopic (exact) mass is 1100 g/mol. The minimum absolute atomic E-state index is 0.0208. The maximum absolute atomic E-state index is 13.3. The van der Waals surface area contributed by atoms with Gasteiger partial charge in [0.15, 0.2) is 0 Å². The molecule has 15 nitrogen and oxygen atoms in total. The van der Waals surface area contributed by atoms with Gasteiger partial charge >= 0.3 is 5.97 Å². The molecule has 0 spiro atoms. The maximum atomic E-state index is 13.3. The van der Waals surface area contributed by atoms with E-state index in [1.807, 2.05) is 163 Å². The second-order valence-corrected chi connectivity index (χ2v) is 18.2. The van der Waals surface area contributed by atoms with Crippen molar-refractivity contribution in [1.29, 1.82) is 0 Å². The van der Waals surface area contributed by atoms with E-state index >= 15 is 0 Å². The highest BCUT2D eigenvalue weighted by atomic mass is 35.5.